The van der Waals surface area contributed by atoms with Crippen LogP contribution in [-0.4, -0.2) is 29.1 Å². The van der Waals surface area contributed by atoms with Crippen molar-refractivity contribution < 1.29 is 18.7 Å². The molecule has 27 heavy (non-hydrogen) atoms. The molecule has 1 rings (SSSR count). The Morgan fingerprint density at radius 3 is 2.30 bits per heavy atom. The standard InChI is InChI=1S/C20H30BrFN2O3/c1-12(2)23-17-9-13(21)8-16(22)15(17)10-14(25)11-20(6,7)24-18(26)27-19(3,4)5/h8-9,12,23H,10-11H2,1-7H3,(H,24,26). The zero-order chi connectivity index (χ0) is 21.0. The zero-order valence-electron chi connectivity index (χ0n) is 17.1. The summed E-state index contributed by atoms with van der Waals surface area (Å²) >= 11 is 3.28. The molecule has 0 heterocycles. The molecular weight excluding hydrogens is 415 g/mol. The molecule has 1 amide bonds. The number of amides is 1. The van der Waals surface area contributed by atoms with Gasteiger partial charge in [-0.2, -0.15) is 0 Å². The highest BCUT2D eigenvalue weighted by Gasteiger charge is 2.28. The molecular formula is C20H30BrFN2O3. The fourth-order valence-corrected chi connectivity index (χ4v) is 3.03. The first-order valence-corrected chi connectivity index (χ1v) is 9.75. The highest BCUT2D eigenvalue weighted by molar-refractivity contribution is 9.10. The van der Waals surface area contributed by atoms with Crippen LogP contribution in [0.1, 0.15) is 60.5 Å². The van der Waals surface area contributed by atoms with Crippen molar-refractivity contribution in [3.05, 3.63) is 28.0 Å². The first-order chi connectivity index (χ1) is 12.2. The third kappa shape index (κ3) is 8.73. The lowest BCUT2D eigenvalue weighted by molar-refractivity contribution is -0.119. The van der Waals surface area contributed by atoms with Gasteiger partial charge in [0.05, 0.1) is 0 Å². The predicted octanol–water partition coefficient (Wildman–Crippen LogP) is 5.21. The van der Waals surface area contributed by atoms with E-state index in [0.29, 0.717) is 15.7 Å². The maximum absolute atomic E-state index is 14.4. The zero-order valence-corrected chi connectivity index (χ0v) is 18.7. The number of benzene rings is 1. The second-order valence-corrected chi connectivity index (χ2v) is 9.53. The van der Waals surface area contributed by atoms with Crippen molar-refractivity contribution in [2.24, 2.45) is 0 Å². The molecule has 0 saturated heterocycles. The van der Waals surface area contributed by atoms with E-state index >= 15 is 0 Å². The van der Waals surface area contributed by atoms with Crippen LogP contribution in [0.25, 0.3) is 0 Å². The topological polar surface area (TPSA) is 67.4 Å². The summed E-state index contributed by atoms with van der Waals surface area (Å²) in [5.41, 5.74) is -0.521. The fraction of sp³-hybridized carbons (Fsp3) is 0.600. The van der Waals surface area contributed by atoms with Crippen molar-refractivity contribution in [3.8, 4) is 0 Å². The average Bonchev–Trinajstić information content (AvgIpc) is 2.38. The van der Waals surface area contributed by atoms with Gasteiger partial charge in [-0.1, -0.05) is 15.9 Å². The number of nitrogens with one attached hydrogen (secondary N) is 2. The van der Waals surface area contributed by atoms with E-state index < -0.39 is 23.1 Å². The van der Waals surface area contributed by atoms with Crippen LogP contribution in [0.15, 0.2) is 16.6 Å². The molecule has 0 saturated carbocycles. The molecule has 0 bridgehead atoms. The van der Waals surface area contributed by atoms with E-state index in [-0.39, 0.29) is 24.7 Å². The Balaban J connectivity index is 2.86. The van der Waals surface area contributed by atoms with Gasteiger partial charge in [0.2, 0.25) is 0 Å². The monoisotopic (exact) mass is 444 g/mol. The molecule has 152 valence electrons. The van der Waals surface area contributed by atoms with E-state index in [2.05, 4.69) is 26.6 Å². The van der Waals surface area contributed by atoms with Gasteiger partial charge < -0.3 is 15.4 Å². The maximum Gasteiger partial charge on any atom is 0.408 e. The van der Waals surface area contributed by atoms with E-state index in [1.54, 1.807) is 40.7 Å². The number of ketones is 1. The minimum absolute atomic E-state index is 0.0584. The molecule has 0 aliphatic carbocycles. The van der Waals surface area contributed by atoms with E-state index in [1.807, 2.05) is 13.8 Å². The third-order valence-corrected chi connectivity index (χ3v) is 3.91. The normalized spacial score (nSPS) is 12.1. The van der Waals surface area contributed by atoms with Gasteiger partial charge in [-0.25, -0.2) is 9.18 Å². The van der Waals surface area contributed by atoms with Crippen LogP contribution in [0, 0.1) is 5.82 Å². The largest absolute Gasteiger partial charge is 0.444 e. The van der Waals surface area contributed by atoms with E-state index in [0.717, 1.165) is 0 Å². The summed E-state index contributed by atoms with van der Waals surface area (Å²) in [5, 5.41) is 5.87. The first-order valence-electron chi connectivity index (χ1n) is 8.96. The Kier molecular flexibility index (Phi) is 7.84. The number of carbonyl (C=O) groups is 2. The van der Waals surface area contributed by atoms with Crippen molar-refractivity contribution in [1.29, 1.82) is 0 Å². The summed E-state index contributed by atoms with van der Waals surface area (Å²) in [5.74, 6) is -0.622. The highest BCUT2D eigenvalue weighted by atomic mass is 79.9. The lowest BCUT2D eigenvalue weighted by Crippen LogP contribution is -2.47. The lowest BCUT2D eigenvalue weighted by Gasteiger charge is -2.28. The molecule has 0 atom stereocenters. The molecule has 7 heteroatoms. The fourth-order valence-electron chi connectivity index (χ4n) is 2.60. The number of rotatable bonds is 7. The third-order valence-electron chi connectivity index (χ3n) is 3.46. The SMILES string of the molecule is CC(C)Nc1cc(Br)cc(F)c1CC(=O)CC(C)(C)NC(=O)OC(C)(C)C. The van der Waals surface area contributed by atoms with E-state index in [9.17, 15) is 14.0 Å². The van der Waals surface area contributed by atoms with Gasteiger partial charge in [0.15, 0.2) is 0 Å². The van der Waals surface area contributed by atoms with Crippen LogP contribution in [0.3, 0.4) is 0 Å². The second kappa shape index (κ2) is 9.04. The minimum atomic E-state index is -0.809. The molecule has 0 aliphatic heterocycles. The second-order valence-electron chi connectivity index (χ2n) is 8.62. The van der Waals surface area contributed by atoms with Crippen molar-refractivity contribution in [2.45, 2.75) is 78.5 Å². The van der Waals surface area contributed by atoms with Crippen LogP contribution in [0.2, 0.25) is 0 Å². The number of ether oxygens (including phenoxy) is 1. The first kappa shape index (κ1) is 23.4. The molecule has 1 aromatic rings. The van der Waals surface area contributed by atoms with Gasteiger partial charge in [0.25, 0.3) is 0 Å². The van der Waals surface area contributed by atoms with Crippen molar-refractivity contribution >= 4 is 33.5 Å². The summed E-state index contributed by atoms with van der Waals surface area (Å²) in [6.07, 6.45) is -0.589. The van der Waals surface area contributed by atoms with Gasteiger partial charge in [-0.3, -0.25) is 4.79 Å². The number of anilines is 1. The Bertz CT molecular complexity index is 697. The van der Waals surface area contributed by atoms with E-state index in [1.165, 1.54) is 6.07 Å². The minimum Gasteiger partial charge on any atom is -0.444 e. The predicted molar refractivity (Wildman–Crippen MR) is 110 cm³/mol. The van der Waals surface area contributed by atoms with Crippen LogP contribution < -0.4 is 10.6 Å². The summed E-state index contributed by atoms with van der Waals surface area (Å²) in [7, 11) is 0. The lowest BCUT2D eigenvalue weighted by atomic mass is 9.94. The molecule has 0 aliphatic rings. The van der Waals surface area contributed by atoms with Gasteiger partial charge in [0, 0.05) is 40.1 Å². The molecule has 1 aromatic carbocycles. The molecule has 2 N–H and O–H groups in total. The molecule has 0 unspecified atom stereocenters. The van der Waals surface area contributed by atoms with Gasteiger partial charge >= 0.3 is 6.09 Å². The van der Waals surface area contributed by atoms with Gasteiger partial charge in [-0.15, -0.1) is 0 Å². The Hall–Kier alpha value is -1.63. The number of carbonyl (C=O) groups excluding carboxylic acids is 2. The van der Waals surface area contributed by atoms with Gasteiger partial charge in [0.1, 0.15) is 17.2 Å². The highest BCUT2D eigenvalue weighted by Crippen LogP contribution is 2.27. The summed E-state index contributed by atoms with van der Waals surface area (Å²) in [4.78, 5) is 24.5. The molecule has 5 nitrogen and oxygen atoms in total. The Morgan fingerprint density at radius 1 is 1.19 bits per heavy atom. The van der Waals surface area contributed by atoms with Crippen LogP contribution >= 0.6 is 15.9 Å². The van der Waals surface area contributed by atoms with Crippen molar-refractivity contribution in [2.75, 3.05) is 5.32 Å². The van der Waals surface area contributed by atoms with Crippen molar-refractivity contribution in [1.82, 2.24) is 5.32 Å². The van der Waals surface area contributed by atoms with Crippen LogP contribution in [0.5, 0.6) is 0 Å². The quantitative estimate of drug-likeness (QED) is 0.605. The number of hydrogen-bond donors (Lipinski definition) is 2. The van der Waals surface area contributed by atoms with E-state index in [4.69, 9.17) is 4.74 Å². The molecule has 0 spiro atoms. The Morgan fingerprint density at radius 2 is 1.78 bits per heavy atom. The number of hydrogen-bond acceptors (Lipinski definition) is 4. The molecule has 0 fully saturated rings. The summed E-state index contributed by atoms with van der Waals surface area (Å²) < 4.78 is 20.3. The average molecular weight is 445 g/mol. The number of Topliss-reactive ketones (excluding diaryl/α,β-unsaturated/α-hetero) is 1. The van der Waals surface area contributed by atoms with Crippen LogP contribution in [0.4, 0.5) is 14.9 Å². The number of alkyl carbamates (subject to hydrolysis) is 1. The number of halogens is 2. The smallest absolute Gasteiger partial charge is 0.408 e. The van der Waals surface area contributed by atoms with Crippen molar-refractivity contribution in [3.63, 3.8) is 0 Å². The summed E-state index contributed by atoms with van der Waals surface area (Å²) in [6, 6.07) is 3.20. The molecule has 0 radical (unpaired) electrons. The summed E-state index contributed by atoms with van der Waals surface area (Å²) in [6.45, 7) is 12.7. The molecule has 0 aromatic heterocycles. The maximum atomic E-state index is 14.4. The van der Waals surface area contributed by atoms with Crippen LogP contribution in [-0.2, 0) is 16.0 Å². The van der Waals surface area contributed by atoms with Gasteiger partial charge in [-0.05, 0) is 60.6 Å². The Labute approximate surface area is 169 Å².